The minimum absolute atomic E-state index is 0.831. The SMILES string of the molecule is C=C(C)C(=C(C)C)/C(C)=C(\C)c1ccc(CC(=C)c2ccccc2C(=C)C)cc1. The molecule has 0 amide bonds. The summed E-state index contributed by atoms with van der Waals surface area (Å²) >= 11 is 0. The number of benzene rings is 2. The molecule has 0 saturated carbocycles. The van der Waals surface area contributed by atoms with Crippen molar-refractivity contribution < 1.29 is 0 Å². The van der Waals surface area contributed by atoms with Crippen molar-refractivity contribution in [1.29, 1.82) is 0 Å². The first kappa shape index (κ1) is 22.4. The lowest BCUT2D eigenvalue weighted by Crippen LogP contribution is -1.96. The minimum Gasteiger partial charge on any atom is -0.0955 e. The van der Waals surface area contributed by atoms with Gasteiger partial charge >= 0.3 is 0 Å². The Labute approximate surface area is 177 Å². The molecule has 0 spiro atoms. The number of hydrogen-bond donors (Lipinski definition) is 0. The lowest BCUT2D eigenvalue weighted by Gasteiger charge is -2.16. The Morgan fingerprint density at radius 2 is 1.28 bits per heavy atom. The molecule has 0 aliphatic carbocycles. The molecule has 0 aliphatic rings. The molecule has 0 atom stereocenters. The molecule has 0 aliphatic heterocycles. The minimum atomic E-state index is 0.831. The van der Waals surface area contributed by atoms with Crippen molar-refractivity contribution in [2.75, 3.05) is 0 Å². The molecule has 0 unspecified atom stereocenters. The summed E-state index contributed by atoms with van der Waals surface area (Å²) in [4.78, 5) is 0. The molecule has 0 N–H and O–H groups in total. The maximum atomic E-state index is 4.34. The fourth-order valence-electron chi connectivity index (χ4n) is 3.90. The van der Waals surface area contributed by atoms with Crippen LogP contribution >= 0.6 is 0 Å². The summed E-state index contributed by atoms with van der Waals surface area (Å²) in [5.41, 5.74) is 13.4. The Morgan fingerprint density at radius 1 is 0.724 bits per heavy atom. The monoisotopic (exact) mass is 382 g/mol. The van der Waals surface area contributed by atoms with E-state index in [9.17, 15) is 0 Å². The average Bonchev–Trinajstić information content (AvgIpc) is 2.67. The first-order chi connectivity index (χ1) is 13.6. The Kier molecular flexibility index (Phi) is 7.40. The summed E-state index contributed by atoms with van der Waals surface area (Å²) < 4.78 is 0. The van der Waals surface area contributed by atoms with Crippen LogP contribution in [0.1, 0.15) is 63.8 Å². The number of hydrogen-bond acceptors (Lipinski definition) is 0. The van der Waals surface area contributed by atoms with Crippen molar-refractivity contribution in [1.82, 2.24) is 0 Å². The van der Waals surface area contributed by atoms with Crippen molar-refractivity contribution in [3.05, 3.63) is 113 Å². The number of allylic oxidation sites excluding steroid dienone is 7. The second-order valence-corrected chi connectivity index (χ2v) is 8.21. The summed E-state index contributed by atoms with van der Waals surface area (Å²) in [6, 6.07) is 17.2. The molecule has 0 nitrogen and oxygen atoms in total. The van der Waals surface area contributed by atoms with Gasteiger partial charge in [-0.15, -0.1) is 0 Å². The Hall–Kier alpha value is -2.86. The molecule has 0 fully saturated rings. The van der Waals surface area contributed by atoms with Gasteiger partial charge in [-0.3, -0.25) is 0 Å². The van der Waals surface area contributed by atoms with Crippen LogP contribution < -0.4 is 0 Å². The molecule has 0 heteroatoms. The highest BCUT2D eigenvalue weighted by molar-refractivity contribution is 5.78. The third kappa shape index (κ3) is 5.35. The van der Waals surface area contributed by atoms with Gasteiger partial charge in [0.05, 0.1) is 0 Å². The molecule has 0 radical (unpaired) electrons. The van der Waals surface area contributed by atoms with Crippen LogP contribution in [0.5, 0.6) is 0 Å². The predicted octanol–water partition coefficient (Wildman–Crippen LogP) is 8.68. The van der Waals surface area contributed by atoms with Crippen LogP contribution in [-0.2, 0) is 6.42 Å². The summed E-state index contributed by atoms with van der Waals surface area (Å²) in [6.07, 6.45) is 0.831. The standard InChI is InChI=1S/C29H34/c1-19(2)27-12-10-11-13-28(27)22(7)18-25-14-16-26(17-15-25)23(8)24(9)29(20(3)4)21(5)6/h10-17H,1,3,7,18H2,2,4-6,8-9H3/b24-23+. The van der Waals surface area contributed by atoms with Gasteiger partial charge in [-0.2, -0.15) is 0 Å². The molecular weight excluding hydrogens is 348 g/mol. The zero-order valence-corrected chi connectivity index (χ0v) is 18.9. The van der Waals surface area contributed by atoms with Crippen molar-refractivity contribution in [3.8, 4) is 0 Å². The lowest BCUT2D eigenvalue weighted by atomic mass is 9.89. The molecule has 150 valence electrons. The van der Waals surface area contributed by atoms with Gasteiger partial charge in [0.2, 0.25) is 0 Å². The van der Waals surface area contributed by atoms with Crippen molar-refractivity contribution >= 4 is 16.7 Å². The Morgan fingerprint density at radius 3 is 1.76 bits per heavy atom. The zero-order chi connectivity index (χ0) is 21.7. The van der Waals surface area contributed by atoms with Crippen LogP contribution in [0.3, 0.4) is 0 Å². The molecule has 2 aromatic carbocycles. The van der Waals surface area contributed by atoms with Crippen LogP contribution in [0.15, 0.2) is 90.6 Å². The first-order valence-electron chi connectivity index (χ1n) is 10.2. The van der Waals surface area contributed by atoms with E-state index in [0.29, 0.717) is 0 Å². The molecule has 2 aromatic rings. The van der Waals surface area contributed by atoms with Gasteiger partial charge in [0.25, 0.3) is 0 Å². The summed E-state index contributed by atoms with van der Waals surface area (Å²) in [6.45, 7) is 25.4. The molecule has 0 saturated heterocycles. The molecule has 0 bridgehead atoms. The lowest BCUT2D eigenvalue weighted by molar-refractivity contribution is 1.22. The van der Waals surface area contributed by atoms with E-state index in [1.165, 1.54) is 44.5 Å². The van der Waals surface area contributed by atoms with Crippen LogP contribution in [0.25, 0.3) is 16.7 Å². The smallest absolute Gasteiger partial charge is 0.00255 e. The van der Waals surface area contributed by atoms with E-state index in [1.54, 1.807) is 0 Å². The topological polar surface area (TPSA) is 0 Å². The maximum absolute atomic E-state index is 4.34. The highest BCUT2D eigenvalue weighted by Crippen LogP contribution is 2.30. The van der Waals surface area contributed by atoms with Crippen molar-refractivity contribution in [2.24, 2.45) is 0 Å². The first-order valence-corrected chi connectivity index (χ1v) is 10.2. The Bertz CT molecular complexity index is 1000. The molecule has 0 heterocycles. The Balaban J connectivity index is 2.28. The highest BCUT2D eigenvalue weighted by atomic mass is 14.1. The summed E-state index contributed by atoms with van der Waals surface area (Å²) in [5, 5.41) is 0. The third-order valence-electron chi connectivity index (χ3n) is 5.44. The van der Waals surface area contributed by atoms with Crippen LogP contribution in [0, 0.1) is 0 Å². The van der Waals surface area contributed by atoms with Gasteiger partial charge in [-0.25, -0.2) is 0 Å². The van der Waals surface area contributed by atoms with Gasteiger partial charge in [0.1, 0.15) is 0 Å². The van der Waals surface area contributed by atoms with Gasteiger partial charge in [-0.1, -0.05) is 85.0 Å². The zero-order valence-electron chi connectivity index (χ0n) is 18.9. The maximum Gasteiger partial charge on any atom is -0.00255 e. The molecule has 2 rings (SSSR count). The number of rotatable bonds is 7. The van der Waals surface area contributed by atoms with E-state index in [1.807, 2.05) is 6.92 Å². The third-order valence-corrected chi connectivity index (χ3v) is 5.44. The van der Waals surface area contributed by atoms with E-state index in [-0.39, 0.29) is 0 Å². The summed E-state index contributed by atoms with van der Waals surface area (Å²) in [5.74, 6) is 0. The van der Waals surface area contributed by atoms with Gasteiger partial charge < -0.3 is 0 Å². The normalized spacial score (nSPS) is 11.5. The van der Waals surface area contributed by atoms with E-state index < -0.39 is 0 Å². The van der Waals surface area contributed by atoms with Crippen LogP contribution in [-0.4, -0.2) is 0 Å². The second kappa shape index (κ2) is 9.56. The van der Waals surface area contributed by atoms with Gasteiger partial charge in [0.15, 0.2) is 0 Å². The summed E-state index contributed by atoms with van der Waals surface area (Å²) in [7, 11) is 0. The predicted molar refractivity (Wildman–Crippen MR) is 132 cm³/mol. The fraction of sp³-hybridized carbons (Fsp3) is 0.241. The average molecular weight is 383 g/mol. The van der Waals surface area contributed by atoms with E-state index in [2.05, 4.69) is 103 Å². The van der Waals surface area contributed by atoms with Crippen molar-refractivity contribution in [3.63, 3.8) is 0 Å². The quantitative estimate of drug-likeness (QED) is 0.420. The van der Waals surface area contributed by atoms with Crippen LogP contribution in [0.4, 0.5) is 0 Å². The van der Waals surface area contributed by atoms with E-state index in [4.69, 9.17) is 0 Å². The molecular formula is C29H34. The van der Waals surface area contributed by atoms with Gasteiger partial charge in [-0.05, 0) is 92.5 Å². The van der Waals surface area contributed by atoms with Crippen LogP contribution in [0.2, 0.25) is 0 Å². The second-order valence-electron chi connectivity index (χ2n) is 8.21. The van der Waals surface area contributed by atoms with Crippen molar-refractivity contribution in [2.45, 2.75) is 48.0 Å². The molecule has 0 aromatic heterocycles. The van der Waals surface area contributed by atoms with E-state index in [0.717, 1.165) is 23.1 Å². The van der Waals surface area contributed by atoms with E-state index >= 15 is 0 Å². The largest absolute Gasteiger partial charge is 0.0955 e. The highest BCUT2D eigenvalue weighted by Gasteiger charge is 2.10. The van der Waals surface area contributed by atoms with Gasteiger partial charge in [0, 0.05) is 0 Å². The fourth-order valence-corrected chi connectivity index (χ4v) is 3.90. The molecule has 29 heavy (non-hydrogen) atoms.